The van der Waals surface area contributed by atoms with Gasteiger partial charge in [-0.1, -0.05) is 25.5 Å². The van der Waals surface area contributed by atoms with E-state index in [-0.39, 0.29) is 5.43 Å². The van der Waals surface area contributed by atoms with Crippen LogP contribution in [0.5, 0.6) is 0 Å². The molecule has 0 aliphatic carbocycles. The molecule has 1 aromatic heterocycles. The van der Waals surface area contributed by atoms with E-state index in [0.717, 1.165) is 40.6 Å². The molecular weight excluding hydrogens is 222 g/mol. The lowest BCUT2D eigenvalue weighted by atomic mass is 9.99. The van der Waals surface area contributed by atoms with E-state index in [9.17, 15) is 4.79 Å². The first-order valence-corrected chi connectivity index (χ1v) is 6.61. The standard InChI is InChI=1S/C16H21NO/c1-10(2)5-7-13-12(4)17-15-8-6-11(3)9-14(15)16(13)18/h6,8-10H,5,7H2,1-4H3,(H,17,18). The van der Waals surface area contributed by atoms with Crippen LogP contribution >= 0.6 is 0 Å². The lowest BCUT2D eigenvalue weighted by Crippen LogP contribution is -2.14. The predicted octanol–water partition coefficient (Wildman–Crippen LogP) is 3.73. The average molecular weight is 243 g/mol. The van der Waals surface area contributed by atoms with Gasteiger partial charge < -0.3 is 4.98 Å². The molecule has 1 aromatic carbocycles. The van der Waals surface area contributed by atoms with Crippen molar-refractivity contribution in [3.63, 3.8) is 0 Å². The Labute approximate surface area is 108 Å². The molecule has 1 N–H and O–H groups in total. The van der Waals surface area contributed by atoms with Crippen LogP contribution in [0.4, 0.5) is 0 Å². The number of aromatic nitrogens is 1. The number of aromatic amines is 1. The van der Waals surface area contributed by atoms with Gasteiger partial charge in [0.2, 0.25) is 0 Å². The highest BCUT2D eigenvalue weighted by molar-refractivity contribution is 5.80. The van der Waals surface area contributed by atoms with Crippen molar-refractivity contribution < 1.29 is 0 Å². The number of nitrogens with one attached hydrogen (secondary N) is 1. The Bertz CT molecular complexity index is 623. The molecule has 0 aliphatic heterocycles. The summed E-state index contributed by atoms with van der Waals surface area (Å²) in [6.45, 7) is 8.40. The van der Waals surface area contributed by atoms with Crippen LogP contribution in [0.3, 0.4) is 0 Å². The number of H-pyrrole nitrogens is 1. The molecule has 18 heavy (non-hydrogen) atoms. The van der Waals surface area contributed by atoms with E-state index in [2.05, 4.69) is 18.8 Å². The monoisotopic (exact) mass is 243 g/mol. The molecule has 2 heteroatoms. The second-order valence-electron chi connectivity index (χ2n) is 5.54. The summed E-state index contributed by atoms with van der Waals surface area (Å²) in [4.78, 5) is 15.8. The fourth-order valence-corrected chi connectivity index (χ4v) is 2.30. The molecule has 0 aliphatic rings. The van der Waals surface area contributed by atoms with Crippen LogP contribution in [-0.4, -0.2) is 4.98 Å². The normalized spacial score (nSPS) is 11.4. The second kappa shape index (κ2) is 4.97. The molecule has 2 aromatic rings. The van der Waals surface area contributed by atoms with Gasteiger partial charge in [0.05, 0.1) is 0 Å². The molecule has 0 atom stereocenters. The molecule has 0 saturated carbocycles. The van der Waals surface area contributed by atoms with Crippen molar-refractivity contribution >= 4 is 10.9 Å². The average Bonchev–Trinajstić information content (AvgIpc) is 2.30. The topological polar surface area (TPSA) is 32.9 Å². The highest BCUT2D eigenvalue weighted by Crippen LogP contribution is 2.15. The maximum Gasteiger partial charge on any atom is 0.192 e. The largest absolute Gasteiger partial charge is 0.358 e. The molecule has 2 nitrogen and oxygen atoms in total. The van der Waals surface area contributed by atoms with Gasteiger partial charge in [-0.2, -0.15) is 0 Å². The highest BCUT2D eigenvalue weighted by Gasteiger charge is 2.09. The van der Waals surface area contributed by atoms with Crippen LogP contribution in [0, 0.1) is 19.8 Å². The van der Waals surface area contributed by atoms with Gasteiger partial charge in [-0.05, 0) is 44.7 Å². The Morgan fingerprint density at radius 2 is 1.94 bits per heavy atom. The van der Waals surface area contributed by atoms with Crippen molar-refractivity contribution in [2.24, 2.45) is 5.92 Å². The van der Waals surface area contributed by atoms with Crippen LogP contribution < -0.4 is 5.43 Å². The Morgan fingerprint density at radius 1 is 1.22 bits per heavy atom. The summed E-state index contributed by atoms with van der Waals surface area (Å²) in [6.07, 6.45) is 1.92. The molecule has 0 amide bonds. The fourth-order valence-electron chi connectivity index (χ4n) is 2.30. The number of benzene rings is 1. The second-order valence-corrected chi connectivity index (χ2v) is 5.54. The summed E-state index contributed by atoms with van der Waals surface area (Å²) in [5.41, 5.74) is 4.23. The number of fused-ring (bicyclic) bond motifs is 1. The lowest BCUT2D eigenvalue weighted by Gasteiger charge is -2.10. The summed E-state index contributed by atoms with van der Waals surface area (Å²) < 4.78 is 0. The summed E-state index contributed by atoms with van der Waals surface area (Å²) in [7, 11) is 0. The SMILES string of the molecule is Cc1ccc2[nH]c(C)c(CCC(C)C)c(=O)c2c1. The van der Waals surface area contributed by atoms with E-state index in [4.69, 9.17) is 0 Å². The molecular formula is C16H21NO. The first-order chi connectivity index (χ1) is 8.49. The van der Waals surface area contributed by atoms with Crippen LogP contribution in [0.1, 0.15) is 37.1 Å². The Hall–Kier alpha value is -1.57. The molecule has 0 bridgehead atoms. The first-order valence-electron chi connectivity index (χ1n) is 6.61. The van der Waals surface area contributed by atoms with E-state index in [0.29, 0.717) is 5.92 Å². The molecule has 2 rings (SSSR count). The lowest BCUT2D eigenvalue weighted by molar-refractivity contribution is 0.584. The molecule has 0 saturated heterocycles. The van der Waals surface area contributed by atoms with Gasteiger partial charge in [0, 0.05) is 22.2 Å². The number of hydrogen-bond acceptors (Lipinski definition) is 1. The third-order valence-electron chi connectivity index (χ3n) is 3.44. The zero-order valence-electron chi connectivity index (χ0n) is 11.6. The molecule has 0 fully saturated rings. The fraction of sp³-hybridized carbons (Fsp3) is 0.438. The maximum absolute atomic E-state index is 12.5. The Kier molecular flexibility index (Phi) is 3.55. The maximum atomic E-state index is 12.5. The Balaban J connectivity index is 2.56. The molecule has 0 radical (unpaired) electrons. The van der Waals surface area contributed by atoms with E-state index in [1.807, 2.05) is 32.0 Å². The predicted molar refractivity (Wildman–Crippen MR) is 77.2 cm³/mol. The summed E-state index contributed by atoms with van der Waals surface area (Å²) in [5.74, 6) is 0.622. The number of pyridine rings is 1. The summed E-state index contributed by atoms with van der Waals surface area (Å²) >= 11 is 0. The molecule has 0 unspecified atom stereocenters. The van der Waals surface area contributed by atoms with Crippen molar-refractivity contribution in [1.82, 2.24) is 4.98 Å². The van der Waals surface area contributed by atoms with Crippen molar-refractivity contribution in [3.8, 4) is 0 Å². The number of hydrogen-bond donors (Lipinski definition) is 1. The van der Waals surface area contributed by atoms with E-state index < -0.39 is 0 Å². The first kappa shape index (κ1) is 12.9. The minimum atomic E-state index is 0.200. The third kappa shape index (κ3) is 2.47. The van der Waals surface area contributed by atoms with Crippen molar-refractivity contribution in [2.75, 3.05) is 0 Å². The van der Waals surface area contributed by atoms with Crippen LogP contribution in [0.15, 0.2) is 23.0 Å². The summed E-state index contributed by atoms with van der Waals surface area (Å²) in [5, 5.41) is 0.819. The van der Waals surface area contributed by atoms with Gasteiger partial charge in [0.25, 0.3) is 0 Å². The van der Waals surface area contributed by atoms with Crippen LogP contribution in [0.25, 0.3) is 10.9 Å². The zero-order valence-corrected chi connectivity index (χ0v) is 11.6. The van der Waals surface area contributed by atoms with Crippen molar-refractivity contribution in [3.05, 3.63) is 45.2 Å². The quantitative estimate of drug-likeness (QED) is 0.875. The van der Waals surface area contributed by atoms with Crippen LogP contribution in [-0.2, 0) is 6.42 Å². The summed E-state index contributed by atoms with van der Waals surface area (Å²) in [6, 6.07) is 6.00. The zero-order chi connectivity index (χ0) is 13.3. The molecule has 96 valence electrons. The van der Waals surface area contributed by atoms with Crippen molar-refractivity contribution in [1.29, 1.82) is 0 Å². The van der Waals surface area contributed by atoms with Crippen molar-refractivity contribution in [2.45, 2.75) is 40.5 Å². The number of aryl methyl sites for hydroxylation is 2. The van der Waals surface area contributed by atoms with Gasteiger partial charge >= 0.3 is 0 Å². The van der Waals surface area contributed by atoms with Gasteiger partial charge in [0.15, 0.2) is 5.43 Å². The number of rotatable bonds is 3. The van der Waals surface area contributed by atoms with E-state index in [1.165, 1.54) is 0 Å². The van der Waals surface area contributed by atoms with Gasteiger partial charge in [0.1, 0.15) is 0 Å². The van der Waals surface area contributed by atoms with E-state index in [1.54, 1.807) is 0 Å². The Morgan fingerprint density at radius 3 is 2.61 bits per heavy atom. The van der Waals surface area contributed by atoms with Crippen LogP contribution in [0.2, 0.25) is 0 Å². The third-order valence-corrected chi connectivity index (χ3v) is 3.44. The minimum absolute atomic E-state index is 0.200. The van der Waals surface area contributed by atoms with Gasteiger partial charge in [-0.15, -0.1) is 0 Å². The minimum Gasteiger partial charge on any atom is -0.358 e. The van der Waals surface area contributed by atoms with Gasteiger partial charge in [-0.3, -0.25) is 4.79 Å². The van der Waals surface area contributed by atoms with Gasteiger partial charge in [-0.25, -0.2) is 0 Å². The highest BCUT2D eigenvalue weighted by atomic mass is 16.1. The molecule has 1 heterocycles. The smallest absolute Gasteiger partial charge is 0.192 e. The van der Waals surface area contributed by atoms with E-state index >= 15 is 0 Å². The molecule has 0 spiro atoms.